The van der Waals surface area contributed by atoms with Crippen molar-refractivity contribution in [2.75, 3.05) is 6.61 Å². The van der Waals surface area contributed by atoms with Crippen molar-refractivity contribution in [2.45, 2.75) is 32.4 Å². The minimum Gasteiger partial charge on any atom is -0.484 e. The second-order valence-corrected chi connectivity index (χ2v) is 4.30. The fraction of sp³-hybridized carbons (Fsp3) is 0.462. The highest BCUT2D eigenvalue weighted by Crippen LogP contribution is 2.11. The van der Waals surface area contributed by atoms with Crippen LogP contribution in [0.15, 0.2) is 24.3 Å². The predicted molar refractivity (Wildman–Crippen MR) is 65.8 cm³/mol. The Morgan fingerprint density at radius 1 is 1.50 bits per heavy atom. The van der Waals surface area contributed by atoms with Crippen LogP contribution in [0.25, 0.3) is 0 Å². The summed E-state index contributed by atoms with van der Waals surface area (Å²) in [5, 5.41) is 11.8. The molecule has 1 rings (SSSR count). The van der Waals surface area contributed by atoms with Crippen LogP contribution in [0.2, 0.25) is 0 Å². The Morgan fingerprint density at radius 2 is 2.22 bits per heavy atom. The maximum absolute atomic E-state index is 12.8. The molecule has 1 aromatic rings. The molecule has 100 valence electrons. The maximum atomic E-state index is 12.8. The molecule has 0 saturated heterocycles. The van der Waals surface area contributed by atoms with Crippen LogP contribution in [-0.4, -0.2) is 29.8 Å². The smallest absolute Gasteiger partial charge is 0.258 e. The van der Waals surface area contributed by atoms with Crippen LogP contribution < -0.4 is 10.1 Å². The van der Waals surface area contributed by atoms with Gasteiger partial charge >= 0.3 is 0 Å². The zero-order valence-corrected chi connectivity index (χ0v) is 10.5. The number of nitrogens with one attached hydrogen (secondary N) is 1. The monoisotopic (exact) mass is 255 g/mol. The van der Waals surface area contributed by atoms with Gasteiger partial charge in [0.05, 0.1) is 6.10 Å². The molecule has 0 aliphatic rings. The van der Waals surface area contributed by atoms with E-state index in [1.165, 1.54) is 18.2 Å². The summed E-state index contributed by atoms with van der Waals surface area (Å²) in [6, 6.07) is 5.48. The van der Waals surface area contributed by atoms with Gasteiger partial charge in [-0.1, -0.05) is 6.07 Å². The van der Waals surface area contributed by atoms with Crippen LogP contribution in [0.5, 0.6) is 5.75 Å². The molecule has 0 saturated carbocycles. The van der Waals surface area contributed by atoms with E-state index in [4.69, 9.17) is 9.84 Å². The zero-order chi connectivity index (χ0) is 13.5. The van der Waals surface area contributed by atoms with E-state index in [1.807, 2.05) is 0 Å². The van der Waals surface area contributed by atoms with E-state index >= 15 is 0 Å². The van der Waals surface area contributed by atoms with Crippen molar-refractivity contribution >= 4 is 5.91 Å². The molecule has 0 aliphatic heterocycles. The molecule has 0 bridgehead atoms. The largest absolute Gasteiger partial charge is 0.484 e. The van der Waals surface area contributed by atoms with E-state index in [0.29, 0.717) is 12.2 Å². The lowest BCUT2D eigenvalue weighted by molar-refractivity contribution is -0.123. The first-order chi connectivity index (χ1) is 8.47. The Labute approximate surface area is 106 Å². The first-order valence-corrected chi connectivity index (χ1v) is 5.83. The van der Waals surface area contributed by atoms with Crippen LogP contribution in [0.3, 0.4) is 0 Å². The van der Waals surface area contributed by atoms with Crippen molar-refractivity contribution in [2.24, 2.45) is 0 Å². The number of carbonyl (C=O) groups excluding carboxylic acids is 1. The number of aliphatic hydroxyl groups excluding tert-OH is 1. The molecular formula is C13H18FNO3. The number of hydrogen-bond donors (Lipinski definition) is 2. The van der Waals surface area contributed by atoms with Gasteiger partial charge in [0.2, 0.25) is 0 Å². The summed E-state index contributed by atoms with van der Waals surface area (Å²) in [6.45, 7) is 3.28. The molecule has 0 aromatic heterocycles. The van der Waals surface area contributed by atoms with Crippen molar-refractivity contribution in [1.29, 1.82) is 0 Å². The van der Waals surface area contributed by atoms with Crippen LogP contribution in [-0.2, 0) is 4.79 Å². The molecule has 1 aromatic carbocycles. The number of carbonyl (C=O) groups is 1. The van der Waals surface area contributed by atoms with Gasteiger partial charge in [-0.05, 0) is 32.4 Å². The fourth-order valence-corrected chi connectivity index (χ4v) is 1.59. The Bertz CT molecular complexity index is 396. The number of aliphatic hydroxyl groups is 1. The minimum absolute atomic E-state index is 0.131. The molecule has 0 heterocycles. The van der Waals surface area contributed by atoms with Crippen molar-refractivity contribution in [1.82, 2.24) is 5.32 Å². The van der Waals surface area contributed by atoms with Crippen molar-refractivity contribution in [3.8, 4) is 5.75 Å². The second-order valence-electron chi connectivity index (χ2n) is 4.30. The number of benzene rings is 1. The molecule has 5 heteroatoms. The van der Waals surface area contributed by atoms with E-state index in [-0.39, 0.29) is 18.6 Å². The first kappa shape index (κ1) is 14.4. The van der Waals surface area contributed by atoms with Crippen molar-refractivity contribution < 1.29 is 19.0 Å². The van der Waals surface area contributed by atoms with E-state index in [9.17, 15) is 9.18 Å². The Morgan fingerprint density at radius 3 is 2.83 bits per heavy atom. The predicted octanol–water partition coefficient (Wildman–Crippen LogP) is 1.48. The van der Waals surface area contributed by atoms with Crippen molar-refractivity contribution in [3.63, 3.8) is 0 Å². The van der Waals surface area contributed by atoms with E-state index in [0.717, 1.165) is 0 Å². The quantitative estimate of drug-likeness (QED) is 0.809. The maximum Gasteiger partial charge on any atom is 0.258 e. The minimum atomic E-state index is -0.468. The SMILES string of the molecule is CC(O)CC(C)NC(=O)COc1cccc(F)c1. The third kappa shape index (κ3) is 5.63. The average Bonchev–Trinajstić information content (AvgIpc) is 2.25. The molecular weight excluding hydrogens is 237 g/mol. The molecule has 0 aliphatic carbocycles. The highest BCUT2D eigenvalue weighted by molar-refractivity contribution is 5.77. The van der Waals surface area contributed by atoms with E-state index in [2.05, 4.69) is 5.32 Å². The van der Waals surface area contributed by atoms with Gasteiger partial charge in [-0.2, -0.15) is 0 Å². The van der Waals surface area contributed by atoms with Gasteiger partial charge in [0.25, 0.3) is 5.91 Å². The Balaban J connectivity index is 2.33. The normalized spacial score (nSPS) is 13.8. The summed E-state index contributed by atoms with van der Waals surface area (Å²) in [4.78, 5) is 11.5. The number of rotatable bonds is 6. The van der Waals surface area contributed by atoms with Crippen LogP contribution in [0, 0.1) is 5.82 Å². The summed E-state index contributed by atoms with van der Waals surface area (Å²) in [7, 11) is 0. The van der Waals surface area contributed by atoms with Crippen LogP contribution in [0.4, 0.5) is 4.39 Å². The van der Waals surface area contributed by atoms with Gasteiger partial charge in [-0.25, -0.2) is 4.39 Å². The van der Waals surface area contributed by atoms with Gasteiger partial charge in [-0.15, -0.1) is 0 Å². The third-order valence-electron chi connectivity index (χ3n) is 2.27. The number of halogens is 1. The standard InChI is InChI=1S/C13H18FNO3/c1-9(6-10(2)16)15-13(17)8-18-12-5-3-4-11(14)7-12/h3-5,7,9-10,16H,6,8H2,1-2H3,(H,15,17). The van der Waals surface area contributed by atoms with Gasteiger partial charge in [0.1, 0.15) is 11.6 Å². The topological polar surface area (TPSA) is 58.6 Å². The summed E-state index contributed by atoms with van der Waals surface area (Å²) < 4.78 is 18.0. The lowest BCUT2D eigenvalue weighted by Crippen LogP contribution is -2.37. The van der Waals surface area contributed by atoms with E-state index < -0.39 is 11.9 Å². The number of hydrogen-bond acceptors (Lipinski definition) is 3. The molecule has 2 N–H and O–H groups in total. The second kappa shape index (κ2) is 6.96. The van der Waals surface area contributed by atoms with Crippen LogP contribution in [0.1, 0.15) is 20.3 Å². The molecule has 0 fully saturated rings. The summed E-state index contributed by atoms with van der Waals surface area (Å²) in [6.07, 6.45) is 0.00977. The third-order valence-corrected chi connectivity index (χ3v) is 2.27. The lowest BCUT2D eigenvalue weighted by Gasteiger charge is -2.15. The molecule has 2 unspecified atom stereocenters. The first-order valence-electron chi connectivity index (χ1n) is 5.83. The molecule has 18 heavy (non-hydrogen) atoms. The molecule has 0 radical (unpaired) electrons. The summed E-state index contributed by atoms with van der Waals surface area (Å²) in [5.74, 6) is -0.392. The van der Waals surface area contributed by atoms with Gasteiger partial charge in [0.15, 0.2) is 6.61 Å². The van der Waals surface area contributed by atoms with Gasteiger partial charge in [-0.3, -0.25) is 4.79 Å². The van der Waals surface area contributed by atoms with E-state index in [1.54, 1.807) is 19.9 Å². The molecule has 4 nitrogen and oxygen atoms in total. The van der Waals surface area contributed by atoms with Gasteiger partial charge < -0.3 is 15.2 Å². The highest BCUT2D eigenvalue weighted by atomic mass is 19.1. The lowest BCUT2D eigenvalue weighted by atomic mass is 10.1. The Kier molecular flexibility index (Phi) is 5.58. The summed E-state index contributed by atoms with van der Waals surface area (Å²) >= 11 is 0. The van der Waals surface area contributed by atoms with Crippen molar-refractivity contribution in [3.05, 3.63) is 30.1 Å². The van der Waals surface area contributed by atoms with Crippen LogP contribution >= 0.6 is 0 Å². The van der Waals surface area contributed by atoms with Gasteiger partial charge in [0, 0.05) is 12.1 Å². The summed E-state index contributed by atoms with van der Waals surface area (Å²) in [5.41, 5.74) is 0. The molecule has 1 amide bonds. The number of ether oxygens (including phenoxy) is 1. The highest BCUT2D eigenvalue weighted by Gasteiger charge is 2.10. The zero-order valence-electron chi connectivity index (χ0n) is 10.5. The Hall–Kier alpha value is -1.62. The average molecular weight is 255 g/mol. The number of amides is 1. The molecule has 2 atom stereocenters. The molecule has 0 spiro atoms. The fourth-order valence-electron chi connectivity index (χ4n) is 1.59.